The number of hydrogen-bond donors (Lipinski definition) is 1. The van der Waals surface area contributed by atoms with Crippen LogP contribution in [0, 0.1) is 5.82 Å². The molecule has 1 saturated heterocycles. The molecular formula is C30H29FN6O. The number of pyridine rings is 1. The molecule has 4 aromatic rings. The third-order valence-electron chi connectivity index (χ3n) is 8.37. The van der Waals surface area contributed by atoms with Gasteiger partial charge in [-0.2, -0.15) is 0 Å². The maximum atomic E-state index is 14.3. The SMILES string of the molecule is O=C(c1cccc(-c2ccc3ncnc(N4CC5(CCCC5)c5cc(F)ccc54)c3n2)c1)N1CCNCC1. The lowest BCUT2D eigenvalue weighted by Gasteiger charge is -2.27. The number of halogens is 1. The smallest absolute Gasteiger partial charge is 0.253 e. The highest BCUT2D eigenvalue weighted by Crippen LogP contribution is 2.52. The minimum atomic E-state index is -0.194. The van der Waals surface area contributed by atoms with Crippen LogP contribution in [0.15, 0.2) is 60.9 Å². The molecule has 7 rings (SSSR count). The minimum Gasteiger partial charge on any atom is -0.336 e. The van der Waals surface area contributed by atoms with E-state index in [1.54, 1.807) is 12.4 Å². The molecule has 2 aromatic heterocycles. The number of carbonyl (C=O) groups is 1. The van der Waals surface area contributed by atoms with E-state index in [0.717, 1.165) is 79.2 Å². The number of aromatic nitrogens is 3. The van der Waals surface area contributed by atoms with E-state index in [1.807, 2.05) is 47.4 Å². The zero-order chi connectivity index (χ0) is 25.7. The average Bonchev–Trinajstić information content (AvgIpc) is 3.57. The molecule has 1 saturated carbocycles. The summed E-state index contributed by atoms with van der Waals surface area (Å²) in [6, 6.07) is 16.7. The van der Waals surface area contributed by atoms with Gasteiger partial charge in [0.15, 0.2) is 5.82 Å². The van der Waals surface area contributed by atoms with Crippen molar-refractivity contribution in [3.05, 3.63) is 77.9 Å². The second kappa shape index (κ2) is 9.13. The summed E-state index contributed by atoms with van der Waals surface area (Å²) in [6.07, 6.45) is 5.99. The Morgan fingerprint density at radius 3 is 2.66 bits per heavy atom. The van der Waals surface area contributed by atoms with Gasteiger partial charge in [0.05, 0.1) is 11.2 Å². The van der Waals surface area contributed by atoms with Crippen LogP contribution in [-0.4, -0.2) is 58.5 Å². The van der Waals surface area contributed by atoms with E-state index in [1.165, 1.54) is 6.07 Å². The number of nitrogens with zero attached hydrogens (tertiary/aromatic N) is 5. The van der Waals surface area contributed by atoms with Crippen LogP contribution < -0.4 is 10.2 Å². The van der Waals surface area contributed by atoms with Crippen molar-refractivity contribution in [2.45, 2.75) is 31.1 Å². The summed E-state index contributed by atoms with van der Waals surface area (Å²) in [5.74, 6) is 0.586. The maximum Gasteiger partial charge on any atom is 0.253 e. The van der Waals surface area contributed by atoms with Gasteiger partial charge in [-0.25, -0.2) is 19.3 Å². The molecule has 2 aliphatic heterocycles. The van der Waals surface area contributed by atoms with Crippen LogP contribution in [0.3, 0.4) is 0 Å². The molecule has 0 atom stereocenters. The van der Waals surface area contributed by atoms with E-state index < -0.39 is 0 Å². The van der Waals surface area contributed by atoms with E-state index in [4.69, 9.17) is 9.97 Å². The molecule has 38 heavy (non-hydrogen) atoms. The average molecular weight is 509 g/mol. The molecule has 4 heterocycles. The highest BCUT2D eigenvalue weighted by molar-refractivity contribution is 5.96. The van der Waals surface area contributed by atoms with E-state index in [0.29, 0.717) is 24.2 Å². The quantitative estimate of drug-likeness (QED) is 0.427. The largest absolute Gasteiger partial charge is 0.336 e. The van der Waals surface area contributed by atoms with Gasteiger partial charge in [0, 0.05) is 55.0 Å². The molecule has 1 spiro atoms. The van der Waals surface area contributed by atoms with Crippen LogP contribution in [0.5, 0.6) is 0 Å². The fraction of sp³-hybridized carbons (Fsp3) is 0.333. The second-order valence-electron chi connectivity index (χ2n) is 10.6. The summed E-state index contributed by atoms with van der Waals surface area (Å²) in [7, 11) is 0. The second-order valence-corrected chi connectivity index (χ2v) is 10.6. The summed E-state index contributed by atoms with van der Waals surface area (Å²) < 4.78 is 14.3. The number of carbonyl (C=O) groups excluding carboxylic acids is 1. The Labute approximate surface area is 220 Å². The number of hydrogen-bond acceptors (Lipinski definition) is 6. The number of amides is 1. The van der Waals surface area contributed by atoms with Crippen molar-refractivity contribution in [2.75, 3.05) is 37.6 Å². The fourth-order valence-electron chi connectivity index (χ4n) is 6.46. The first-order chi connectivity index (χ1) is 18.6. The van der Waals surface area contributed by atoms with Crippen molar-refractivity contribution in [1.29, 1.82) is 0 Å². The number of anilines is 2. The molecule has 2 fully saturated rings. The molecule has 1 N–H and O–H groups in total. The van der Waals surface area contributed by atoms with Gasteiger partial charge >= 0.3 is 0 Å². The Kier molecular flexibility index (Phi) is 5.58. The maximum absolute atomic E-state index is 14.3. The Morgan fingerprint density at radius 2 is 1.82 bits per heavy atom. The van der Waals surface area contributed by atoms with Crippen molar-refractivity contribution >= 4 is 28.4 Å². The van der Waals surface area contributed by atoms with E-state index in [9.17, 15) is 9.18 Å². The molecule has 1 amide bonds. The Bertz CT molecular complexity index is 1540. The summed E-state index contributed by atoms with van der Waals surface area (Å²) in [6.45, 7) is 3.81. The molecular weight excluding hydrogens is 479 g/mol. The number of rotatable bonds is 3. The Hall–Kier alpha value is -3.91. The summed E-state index contributed by atoms with van der Waals surface area (Å²) >= 11 is 0. The first-order valence-corrected chi connectivity index (χ1v) is 13.4. The van der Waals surface area contributed by atoms with Crippen molar-refractivity contribution in [3.8, 4) is 11.3 Å². The van der Waals surface area contributed by atoms with Crippen molar-refractivity contribution in [2.24, 2.45) is 0 Å². The van der Waals surface area contributed by atoms with Crippen molar-refractivity contribution < 1.29 is 9.18 Å². The number of piperazine rings is 1. The van der Waals surface area contributed by atoms with Crippen LogP contribution in [0.4, 0.5) is 15.9 Å². The number of benzene rings is 2. The fourth-order valence-corrected chi connectivity index (χ4v) is 6.46. The van der Waals surface area contributed by atoms with Crippen LogP contribution in [-0.2, 0) is 5.41 Å². The van der Waals surface area contributed by atoms with Crippen LogP contribution in [0.2, 0.25) is 0 Å². The van der Waals surface area contributed by atoms with Crippen molar-refractivity contribution in [1.82, 2.24) is 25.2 Å². The summed E-state index contributed by atoms with van der Waals surface area (Å²) in [5.41, 5.74) is 5.79. The molecule has 1 aliphatic carbocycles. The highest BCUT2D eigenvalue weighted by atomic mass is 19.1. The molecule has 0 unspecified atom stereocenters. The summed E-state index contributed by atoms with van der Waals surface area (Å²) in [4.78, 5) is 31.4. The Morgan fingerprint density at radius 1 is 0.974 bits per heavy atom. The highest BCUT2D eigenvalue weighted by Gasteiger charge is 2.45. The van der Waals surface area contributed by atoms with E-state index >= 15 is 0 Å². The molecule has 2 aromatic carbocycles. The molecule has 8 heteroatoms. The lowest BCUT2D eigenvalue weighted by molar-refractivity contribution is 0.0736. The lowest BCUT2D eigenvalue weighted by Crippen LogP contribution is -2.46. The van der Waals surface area contributed by atoms with Gasteiger partial charge in [-0.3, -0.25) is 4.79 Å². The predicted octanol–water partition coefficient (Wildman–Crippen LogP) is 4.84. The van der Waals surface area contributed by atoms with Crippen LogP contribution >= 0.6 is 0 Å². The van der Waals surface area contributed by atoms with E-state index in [2.05, 4.69) is 15.2 Å². The van der Waals surface area contributed by atoms with Gasteiger partial charge in [0.1, 0.15) is 17.7 Å². The molecule has 0 bridgehead atoms. The van der Waals surface area contributed by atoms with Crippen LogP contribution in [0.1, 0.15) is 41.6 Å². The standard InChI is InChI=1S/C30H29FN6O/c31-22-6-9-26-23(17-22)30(10-1-2-11-30)18-37(26)28-27-25(33-19-34-28)8-7-24(35-27)20-4-3-5-21(16-20)29(38)36-14-12-32-13-15-36/h3-9,16-17,19,32H,1-2,10-15,18H2. The van der Waals surface area contributed by atoms with Gasteiger partial charge < -0.3 is 15.1 Å². The third-order valence-corrected chi connectivity index (χ3v) is 8.37. The zero-order valence-electron chi connectivity index (χ0n) is 21.2. The van der Waals surface area contributed by atoms with E-state index in [-0.39, 0.29) is 17.1 Å². The van der Waals surface area contributed by atoms with Gasteiger partial charge in [-0.15, -0.1) is 0 Å². The first-order valence-electron chi connectivity index (χ1n) is 13.4. The van der Waals surface area contributed by atoms with Gasteiger partial charge in [0.2, 0.25) is 0 Å². The molecule has 0 radical (unpaired) electrons. The van der Waals surface area contributed by atoms with Gasteiger partial charge in [0.25, 0.3) is 5.91 Å². The Balaban J connectivity index is 1.29. The monoisotopic (exact) mass is 508 g/mol. The molecule has 192 valence electrons. The topological polar surface area (TPSA) is 74.2 Å². The van der Waals surface area contributed by atoms with Gasteiger partial charge in [-0.05, 0) is 60.9 Å². The zero-order valence-corrected chi connectivity index (χ0v) is 21.2. The normalized spacial score (nSPS) is 18.3. The first kappa shape index (κ1) is 23.2. The lowest BCUT2D eigenvalue weighted by atomic mass is 9.81. The molecule has 3 aliphatic rings. The minimum absolute atomic E-state index is 0.0425. The number of fused-ring (bicyclic) bond motifs is 3. The summed E-state index contributed by atoms with van der Waals surface area (Å²) in [5, 5.41) is 3.29. The third kappa shape index (κ3) is 3.82. The molecule has 7 nitrogen and oxygen atoms in total. The van der Waals surface area contributed by atoms with Crippen LogP contribution in [0.25, 0.3) is 22.3 Å². The predicted molar refractivity (Wildman–Crippen MR) is 145 cm³/mol. The number of nitrogens with one attached hydrogen (secondary N) is 1. The van der Waals surface area contributed by atoms with Gasteiger partial charge in [-0.1, -0.05) is 25.0 Å². The van der Waals surface area contributed by atoms with Crippen molar-refractivity contribution in [3.63, 3.8) is 0 Å².